The maximum Gasteiger partial charge on any atom is 0.161 e. The van der Waals surface area contributed by atoms with Gasteiger partial charge in [-0.1, -0.05) is 30.3 Å². The van der Waals surface area contributed by atoms with Gasteiger partial charge in [0.2, 0.25) is 0 Å². The van der Waals surface area contributed by atoms with Crippen molar-refractivity contribution in [3.63, 3.8) is 0 Å². The number of hydrogen-bond donors (Lipinski definition) is 0. The van der Waals surface area contributed by atoms with Gasteiger partial charge in [-0.3, -0.25) is 0 Å². The van der Waals surface area contributed by atoms with Gasteiger partial charge in [-0.25, -0.2) is 0 Å². The molecule has 1 aromatic rings. The van der Waals surface area contributed by atoms with E-state index in [9.17, 15) is 0 Å². The third kappa shape index (κ3) is 1.94. The van der Waals surface area contributed by atoms with Crippen LogP contribution in [0, 0.1) is 6.26 Å². The zero-order valence-corrected chi connectivity index (χ0v) is 5.87. The second kappa shape index (κ2) is 3.72. The maximum atomic E-state index is 4.64. The molecule has 0 bridgehead atoms. The van der Waals surface area contributed by atoms with Gasteiger partial charge in [0, 0.05) is 0 Å². The van der Waals surface area contributed by atoms with Gasteiger partial charge in [-0.2, -0.15) is 0 Å². The van der Waals surface area contributed by atoms with Crippen LogP contribution < -0.4 is 0 Å². The fourth-order valence-corrected chi connectivity index (χ4v) is 0.676. The molecule has 0 amide bonds. The van der Waals surface area contributed by atoms with E-state index < -0.39 is 0 Å². The monoisotopic (exact) mass is 133 g/mol. The molecule has 0 N–H and O–H groups in total. The van der Waals surface area contributed by atoms with Crippen LogP contribution in [0.25, 0.3) is 6.08 Å². The summed E-state index contributed by atoms with van der Waals surface area (Å²) in [7, 11) is 1.58. The van der Waals surface area contributed by atoms with Crippen molar-refractivity contribution in [2.45, 2.75) is 0 Å². The second-order valence-corrected chi connectivity index (χ2v) is 1.88. The Labute approximate surface area is 61.0 Å². The van der Waals surface area contributed by atoms with Crippen molar-refractivity contribution < 1.29 is 4.74 Å². The van der Waals surface area contributed by atoms with Crippen LogP contribution >= 0.6 is 0 Å². The molecule has 1 radical (unpaired) electrons. The van der Waals surface area contributed by atoms with E-state index in [4.69, 9.17) is 0 Å². The summed E-state index contributed by atoms with van der Waals surface area (Å²) in [4.78, 5) is 0. The summed E-state index contributed by atoms with van der Waals surface area (Å²) in [6, 6.07) is 9.91. The van der Waals surface area contributed by atoms with Crippen LogP contribution in [0.5, 0.6) is 0 Å². The van der Waals surface area contributed by atoms with E-state index in [0.29, 0.717) is 0 Å². The Morgan fingerprint density at radius 2 is 2.00 bits per heavy atom. The molecule has 10 heavy (non-hydrogen) atoms. The van der Waals surface area contributed by atoms with Crippen LogP contribution in [-0.4, -0.2) is 7.11 Å². The lowest BCUT2D eigenvalue weighted by Gasteiger charge is -1.88. The predicted molar refractivity (Wildman–Crippen MR) is 41.2 cm³/mol. The fraction of sp³-hybridized carbons (Fsp3) is 0.111. The quantitative estimate of drug-likeness (QED) is 0.561. The van der Waals surface area contributed by atoms with E-state index in [1.54, 1.807) is 13.2 Å². The van der Waals surface area contributed by atoms with Crippen LogP contribution in [0.1, 0.15) is 5.56 Å². The van der Waals surface area contributed by atoms with Crippen molar-refractivity contribution in [1.82, 2.24) is 0 Å². The molecule has 1 nitrogen and oxygen atoms in total. The van der Waals surface area contributed by atoms with E-state index in [1.165, 1.54) is 0 Å². The van der Waals surface area contributed by atoms with Gasteiger partial charge in [0.25, 0.3) is 0 Å². The summed E-state index contributed by atoms with van der Waals surface area (Å²) in [5.74, 6) is 0. The highest BCUT2D eigenvalue weighted by molar-refractivity contribution is 5.45. The summed E-state index contributed by atoms with van der Waals surface area (Å²) in [6.07, 6.45) is 4.43. The van der Waals surface area contributed by atoms with Gasteiger partial charge in [0.05, 0.1) is 7.11 Å². The molecule has 0 spiro atoms. The molecule has 0 saturated carbocycles. The zero-order valence-electron chi connectivity index (χ0n) is 5.87. The molecule has 0 fully saturated rings. The van der Waals surface area contributed by atoms with E-state index in [0.717, 1.165) is 5.56 Å². The standard InChI is InChI=1S/C9H9O/c1-10-8-7-9-5-3-2-4-6-9/h2-7H,1H3. The molecule has 0 atom stereocenters. The SMILES string of the molecule is CO[C]=Cc1ccccc1. The highest BCUT2D eigenvalue weighted by atomic mass is 16.5. The van der Waals surface area contributed by atoms with Crippen LogP contribution in [0.4, 0.5) is 0 Å². The van der Waals surface area contributed by atoms with Gasteiger partial charge in [-0.05, 0) is 11.6 Å². The largest absolute Gasteiger partial charge is 0.493 e. The topological polar surface area (TPSA) is 9.23 Å². The summed E-state index contributed by atoms with van der Waals surface area (Å²) in [5.41, 5.74) is 1.10. The summed E-state index contributed by atoms with van der Waals surface area (Å²) < 4.78 is 4.64. The van der Waals surface area contributed by atoms with Gasteiger partial charge in [0.1, 0.15) is 0 Å². The van der Waals surface area contributed by atoms with Crippen LogP contribution in [0.15, 0.2) is 30.3 Å². The zero-order chi connectivity index (χ0) is 7.23. The molecule has 1 aromatic carbocycles. The van der Waals surface area contributed by atoms with Crippen molar-refractivity contribution in [3.05, 3.63) is 42.2 Å². The van der Waals surface area contributed by atoms with Crippen molar-refractivity contribution in [1.29, 1.82) is 0 Å². The molecule has 0 aliphatic carbocycles. The maximum absolute atomic E-state index is 4.64. The second-order valence-electron chi connectivity index (χ2n) is 1.88. The Hall–Kier alpha value is -1.24. The van der Waals surface area contributed by atoms with E-state index in [1.807, 2.05) is 30.3 Å². The lowest BCUT2D eigenvalue weighted by Crippen LogP contribution is -1.70. The van der Waals surface area contributed by atoms with Gasteiger partial charge in [0.15, 0.2) is 6.26 Å². The Bertz CT molecular complexity index is 201. The average molecular weight is 133 g/mol. The van der Waals surface area contributed by atoms with Crippen molar-refractivity contribution in [2.24, 2.45) is 0 Å². The number of hydrogen-bond acceptors (Lipinski definition) is 1. The molecule has 0 heterocycles. The Kier molecular flexibility index (Phi) is 2.56. The first-order chi connectivity index (χ1) is 4.93. The average Bonchev–Trinajstić information content (AvgIpc) is 2.03. The predicted octanol–water partition coefficient (Wildman–Crippen LogP) is 2.11. The smallest absolute Gasteiger partial charge is 0.161 e. The highest BCUT2D eigenvalue weighted by Gasteiger charge is 1.80. The molecule has 0 aliphatic heterocycles. The third-order valence-electron chi connectivity index (χ3n) is 1.14. The van der Waals surface area contributed by atoms with E-state index in [-0.39, 0.29) is 0 Å². The molecular weight excluding hydrogens is 124 g/mol. The first-order valence-corrected chi connectivity index (χ1v) is 3.10. The summed E-state index contributed by atoms with van der Waals surface area (Å²) in [6.45, 7) is 0. The van der Waals surface area contributed by atoms with Crippen molar-refractivity contribution >= 4 is 6.08 Å². The lowest BCUT2D eigenvalue weighted by molar-refractivity contribution is 0.316. The molecule has 0 aliphatic rings. The lowest BCUT2D eigenvalue weighted by atomic mass is 10.2. The van der Waals surface area contributed by atoms with Gasteiger partial charge in [-0.15, -0.1) is 0 Å². The Morgan fingerprint density at radius 1 is 1.30 bits per heavy atom. The number of ether oxygens (including phenoxy) is 1. The minimum Gasteiger partial charge on any atom is -0.493 e. The van der Waals surface area contributed by atoms with Crippen LogP contribution in [-0.2, 0) is 4.74 Å². The molecule has 1 rings (SSSR count). The van der Waals surface area contributed by atoms with Crippen LogP contribution in [0.3, 0.4) is 0 Å². The van der Waals surface area contributed by atoms with E-state index >= 15 is 0 Å². The number of rotatable bonds is 2. The normalized spacial score (nSPS) is 10.1. The molecule has 0 aromatic heterocycles. The van der Waals surface area contributed by atoms with Crippen molar-refractivity contribution in [3.8, 4) is 0 Å². The van der Waals surface area contributed by atoms with Crippen LogP contribution in [0.2, 0.25) is 0 Å². The first-order valence-electron chi connectivity index (χ1n) is 3.10. The molecule has 0 unspecified atom stereocenters. The minimum absolute atomic E-state index is 1.10. The van der Waals surface area contributed by atoms with Gasteiger partial charge >= 0.3 is 0 Å². The summed E-state index contributed by atoms with van der Waals surface area (Å²) >= 11 is 0. The Morgan fingerprint density at radius 3 is 2.60 bits per heavy atom. The Balaban J connectivity index is 2.67. The number of benzene rings is 1. The first kappa shape index (κ1) is 6.87. The third-order valence-corrected chi connectivity index (χ3v) is 1.14. The minimum atomic E-state index is 1.10. The van der Waals surface area contributed by atoms with Crippen molar-refractivity contribution in [2.75, 3.05) is 7.11 Å². The fourth-order valence-electron chi connectivity index (χ4n) is 0.676. The summed E-state index contributed by atoms with van der Waals surface area (Å²) in [5, 5.41) is 0. The molecule has 51 valence electrons. The molecule has 0 saturated heterocycles. The molecular formula is C9H9O. The van der Waals surface area contributed by atoms with E-state index in [2.05, 4.69) is 11.0 Å². The highest BCUT2D eigenvalue weighted by Crippen LogP contribution is 1.99. The molecule has 1 heteroatoms. The van der Waals surface area contributed by atoms with Gasteiger partial charge < -0.3 is 4.74 Å². The number of methoxy groups -OCH3 is 1.